The van der Waals surface area contributed by atoms with Crippen molar-refractivity contribution in [1.29, 1.82) is 0 Å². The summed E-state index contributed by atoms with van der Waals surface area (Å²) in [6, 6.07) is 14.3. The van der Waals surface area contributed by atoms with Gasteiger partial charge < -0.3 is 15.1 Å². The van der Waals surface area contributed by atoms with Gasteiger partial charge in [-0.05, 0) is 55.4 Å². The highest BCUT2D eigenvalue weighted by Gasteiger charge is 2.32. The largest absolute Gasteiger partial charge is 0.416 e. The smallest absolute Gasteiger partial charge is 0.317 e. The van der Waals surface area contributed by atoms with Crippen molar-refractivity contribution >= 4 is 11.7 Å². The van der Waals surface area contributed by atoms with Gasteiger partial charge in [-0.1, -0.05) is 49.2 Å². The molecule has 2 amide bonds. The summed E-state index contributed by atoms with van der Waals surface area (Å²) in [7, 11) is 0. The number of benzene rings is 2. The second-order valence-electron chi connectivity index (χ2n) is 9.30. The number of rotatable bonds is 6. The van der Waals surface area contributed by atoms with Crippen molar-refractivity contribution in [2.75, 3.05) is 25.0 Å². The maximum absolute atomic E-state index is 13.3. The van der Waals surface area contributed by atoms with Crippen LogP contribution in [-0.4, -0.2) is 41.5 Å². The second-order valence-corrected chi connectivity index (χ2v) is 9.30. The molecule has 2 aromatic carbocycles. The zero-order valence-corrected chi connectivity index (χ0v) is 18.9. The van der Waals surface area contributed by atoms with E-state index in [2.05, 4.69) is 10.2 Å². The molecule has 0 aromatic heterocycles. The third kappa shape index (κ3) is 6.50. The highest BCUT2D eigenvalue weighted by Crippen LogP contribution is 2.31. The van der Waals surface area contributed by atoms with Crippen molar-refractivity contribution in [2.24, 2.45) is 5.92 Å². The van der Waals surface area contributed by atoms with Crippen LogP contribution in [0.25, 0.3) is 0 Å². The molecule has 7 heteroatoms. The summed E-state index contributed by atoms with van der Waals surface area (Å²) in [5.41, 5.74) is 0.395. The third-order valence-corrected chi connectivity index (χ3v) is 6.89. The van der Waals surface area contributed by atoms with Crippen LogP contribution in [0.3, 0.4) is 0 Å². The zero-order valence-electron chi connectivity index (χ0n) is 18.9. The number of nitrogens with zero attached hydrogens (tertiary/aromatic N) is 2. The molecule has 33 heavy (non-hydrogen) atoms. The summed E-state index contributed by atoms with van der Waals surface area (Å²) in [5.74, 6) is 0.797. The number of likely N-dealkylation sites (tertiary alicyclic amines) is 1. The van der Waals surface area contributed by atoms with Gasteiger partial charge in [0.1, 0.15) is 0 Å². The first-order chi connectivity index (χ1) is 15.9. The standard InChI is InChI=1S/C26H32F3N3O/c27-26(28,29)22-11-6-12-23(17-22)30-25(33)32(19-21-7-2-1-3-8-21)24-13-15-31(16-14-24)18-20-9-4-5-10-20/h1-3,6-8,11-12,17,20,24H,4-5,9-10,13-16,18-19H2,(H,30,33). The Morgan fingerprint density at radius 3 is 2.33 bits per heavy atom. The molecule has 0 unspecified atom stereocenters. The quantitative estimate of drug-likeness (QED) is 0.543. The SMILES string of the molecule is O=C(Nc1cccc(C(F)(F)F)c1)N(Cc1ccccc1)C1CCN(CC2CCCC2)CC1. The van der Waals surface area contributed by atoms with Gasteiger partial charge in [-0.2, -0.15) is 13.2 Å². The predicted octanol–water partition coefficient (Wildman–Crippen LogP) is 6.39. The molecule has 0 atom stereocenters. The number of carbonyl (C=O) groups is 1. The number of carbonyl (C=O) groups excluding carboxylic acids is 1. The fraction of sp³-hybridized carbons (Fsp3) is 0.500. The van der Waals surface area contributed by atoms with Crippen molar-refractivity contribution in [3.63, 3.8) is 0 Å². The first kappa shape index (κ1) is 23.6. The van der Waals surface area contributed by atoms with Gasteiger partial charge >= 0.3 is 12.2 Å². The molecule has 1 aliphatic heterocycles. The van der Waals surface area contributed by atoms with Gasteiger partial charge in [0.05, 0.1) is 5.56 Å². The maximum Gasteiger partial charge on any atom is 0.416 e. The number of alkyl halides is 3. The van der Waals surface area contributed by atoms with Gasteiger partial charge in [-0.15, -0.1) is 0 Å². The van der Waals surface area contributed by atoms with Crippen LogP contribution in [0, 0.1) is 5.92 Å². The summed E-state index contributed by atoms with van der Waals surface area (Å²) < 4.78 is 39.3. The van der Waals surface area contributed by atoms with E-state index in [0.717, 1.165) is 56.1 Å². The maximum atomic E-state index is 13.3. The van der Waals surface area contributed by atoms with E-state index in [9.17, 15) is 18.0 Å². The molecule has 1 N–H and O–H groups in total. The van der Waals surface area contributed by atoms with E-state index < -0.39 is 11.7 Å². The third-order valence-electron chi connectivity index (χ3n) is 6.89. The van der Waals surface area contributed by atoms with Crippen LogP contribution in [-0.2, 0) is 12.7 Å². The number of nitrogens with one attached hydrogen (secondary N) is 1. The minimum Gasteiger partial charge on any atom is -0.317 e. The molecule has 0 spiro atoms. The van der Waals surface area contributed by atoms with Crippen molar-refractivity contribution in [3.8, 4) is 0 Å². The molecule has 2 aromatic rings. The van der Waals surface area contributed by atoms with E-state index in [4.69, 9.17) is 0 Å². The van der Waals surface area contributed by atoms with Gasteiger partial charge in [-0.25, -0.2) is 4.79 Å². The van der Waals surface area contributed by atoms with Crippen LogP contribution in [0.15, 0.2) is 54.6 Å². The summed E-state index contributed by atoms with van der Waals surface area (Å²) in [6.07, 6.45) is 2.60. The van der Waals surface area contributed by atoms with Crippen molar-refractivity contribution in [2.45, 2.75) is 57.3 Å². The van der Waals surface area contributed by atoms with Gasteiger partial charge in [0.15, 0.2) is 0 Å². The van der Waals surface area contributed by atoms with E-state index in [1.54, 1.807) is 4.90 Å². The number of piperidine rings is 1. The first-order valence-electron chi connectivity index (χ1n) is 11.9. The minimum atomic E-state index is -4.45. The monoisotopic (exact) mass is 459 g/mol. The molecular weight excluding hydrogens is 427 g/mol. The van der Waals surface area contributed by atoms with Crippen molar-refractivity contribution in [1.82, 2.24) is 9.80 Å². The van der Waals surface area contributed by atoms with E-state index in [0.29, 0.717) is 6.54 Å². The molecule has 178 valence electrons. The average Bonchev–Trinajstić information content (AvgIpc) is 3.31. The summed E-state index contributed by atoms with van der Waals surface area (Å²) in [6.45, 7) is 3.47. The Bertz CT molecular complexity index is 904. The molecule has 1 saturated carbocycles. The minimum absolute atomic E-state index is 0.0517. The first-order valence-corrected chi connectivity index (χ1v) is 11.9. The second kappa shape index (κ2) is 10.6. The van der Waals surface area contributed by atoms with Gasteiger partial charge in [-0.3, -0.25) is 0 Å². The Hall–Kier alpha value is -2.54. The van der Waals surface area contributed by atoms with Gasteiger partial charge in [0, 0.05) is 37.9 Å². The molecule has 0 bridgehead atoms. The summed E-state index contributed by atoms with van der Waals surface area (Å²) >= 11 is 0. The van der Waals surface area contributed by atoms with Crippen LogP contribution < -0.4 is 5.32 Å². The van der Waals surface area contributed by atoms with E-state index in [1.807, 2.05) is 30.3 Å². The molecule has 4 rings (SSSR count). The molecule has 1 saturated heterocycles. The van der Waals surface area contributed by atoms with Gasteiger partial charge in [0.2, 0.25) is 0 Å². The number of hydrogen-bond acceptors (Lipinski definition) is 2. The van der Waals surface area contributed by atoms with Crippen molar-refractivity contribution < 1.29 is 18.0 Å². The van der Waals surface area contributed by atoms with Crippen LogP contribution in [0.1, 0.15) is 49.7 Å². The molecule has 4 nitrogen and oxygen atoms in total. The fourth-order valence-corrected chi connectivity index (χ4v) is 5.09. The molecular formula is C26H32F3N3O. The molecule has 1 heterocycles. The normalized spacial score (nSPS) is 18.4. The molecule has 2 fully saturated rings. The van der Waals surface area contributed by atoms with Crippen molar-refractivity contribution in [3.05, 3.63) is 65.7 Å². The Morgan fingerprint density at radius 1 is 0.970 bits per heavy atom. The van der Waals surface area contributed by atoms with E-state index in [-0.39, 0.29) is 17.8 Å². The molecule has 2 aliphatic rings. The van der Waals surface area contributed by atoms with Crippen LogP contribution in [0.2, 0.25) is 0 Å². The highest BCUT2D eigenvalue weighted by atomic mass is 19.4. The van der Waals surface area contributed by atoms with Gasteiger partial charge in [0.25, 0.3) is 0 Å². The number of halogens is 3. The van der Waals surface area contributed by atoms with E-state index >= 15 is 0 Å². The molecule has 0 radical (unpaired) electrons. The fourth-order valence-electron chi connectivity index (χ4n) is 5.09. The Labute approximate surface area is 193 Å². The number of hydrogen-bond donors (Lipinski definition) is 1. The summed E-state index contributed by atoms with van der Waals surface area (Å²) in [4.78, 5) is 17.6. The Kier molecular flexibility index (Phi) is 7.58. The number of anilines is 1. The van der Waals surface area contributed by atoms with Crippen LogP contribution in [0.4, 0.5) is 23.7 Å². The lowest BCUT2D eigenvalue weighted by Gasteiger charge is -2.39. The summed E-state index contributed by atoms with van der Waals surface area (Å²) in [5, 5.41) is 2.72. The Morgan fingerprint density at radius 2 is 1.67 bits per heavy atom. The lowest BCUT2D eigenvalue weighted by atomic mass is 10.00. The number of urea groups is 1. The zero-order chi connectivity index (χ0) is 23.3. The predicted molar refractivity (Wildman–Crippen MR) is 124 cm³/mol. The molecule has 1 aliphatic carbocycles. The average molecular weight is 460 g/mol. The van der Waals surface area contributed by atoms with Crippen LogP contribution in [0.5, 0.6) is 0 Å². The Balaban J connectivity index is 1.44. The lowest BCUT2D eigenvalue weighted by Crippen LogP contribution is -2.49. The topological polar surface area (TPSA) is 35.6 Å². The van der Waals surface area contributed by atoms with E-state index in [1.165, 1.54) is 37.8 Å². The highest BCUT2D eigenvalue weighted by molar-refractivity contribution is 5.89. The number of amides is 2. The van der Waals surface area contributed by atoms with Crippen LogP contribution >= 0.6 is 0 Å². The lowest BCUT2D eigenvalue weighted by molar-refractivity contribution is -0.137.